The van der Waals surface area contributed by atoms with Crippen LogP contribution in [0, 0.1) is 5.82 Å². The third kappa shape index (κ3) is 3.36. The van der Waals surface area contributed by atoms with Gasteiger partial charge in [0.15, 0.2) is 0 Å². The van der Waals surface area contributed by atoms with E-state index in [1.54, 1.807) is 0 Å². The second-order valence-corrected chi connectivity index (χ2v) is 7.34. The van der Waals surface area contributed by atoms with Crippen molar-refractivity contribution < 1.29 is 31.9 Å². The van der Waals surface area contributed by atoms with Crippen molar-refractivity contribution in [1.82, 2.24) is 4.72 Å². The molecular formula is C14H13ClFNO6S. The number of carbonyl (C=O) groups excluding carboxylic acids is 2. The molecule has 130 valence electrons. The van der Waals surface area contributed by atoms with E-state index < -0.39 is 44.8 Å². The van der Waals surface area contributed by atoms with Crippen molar-refractivity contribution >= 4 is 33.4 Å². The average molecular weight is 378 g/mol. The molecule has 1 aromatic rings. The molecule has 0 amide bonds. The summed E-state index contributed by atoms with van der Waals surface area (Å²) in [5.41, 5.74) is -2.30. The molecule has 10 heteroatoms. The normalized spacial score (nSPS) is 20.8. The molecule has 1 unspecified atom stereocenters. The van der Waals surface area contributed by atoms with E-state index in [1.165, 1.54) is 19.1 Å². The van der Waals surface area contributed by atoms with E-state index in [-0.39, 0.29) is 10.6 Å². The Kier molecular flexibility index (Phi) is 4.60. The molecule has 1 N–H and O–H groups in total. The Labute approximate surface area is 142 Å². The van der Waals surface area contributed by atoms with Gasteiger partial charge in [-0.15, -0.1) is 0 Å². The fourth-order valence-corrected chi connectivity index (χ4v) is 3.02. The molecule has 0 saturated carbocycles. The summed E-state index contributed by atoms with van der Waals surface area (Å²) >= 11 is 5.96. The number of Topliss-reactive ketones (excluding diaryl/α,β-unsaturated/α-hetero) is 1. The molecule has 1 aromatic carbocycles. The van der Waals surface area contributed by atoms with Crippen molar-refractivity contribution in [2.45, 2.75) is 19.4 Å². The number of halogens is 2. The van der Waals surface area contributed by atoms with E-state index >= 15 is 0 Å². The van der Waals surface area contributed by atoms with Crippen LogP contribution in [0.5, 0.6) is 0 Å². The van der Waals surface area contributed by atoms with Crippen LogP contribution in [-0.2, 0) is 34.7 Å². The van der Waals surface area contributed by atoms with Crippen molar-refractivity contribution in [3.63, 3.8) is 0 Å². The number of hydrogen-bond acceptors (Lipinski definition) is 6. The summed E-state index contributed by atoms with van der Waals surface area (Å²) in [7, 11) is -3.86. The Morgan fingerprint density at radius 3 is 2.54 bits per heavy atom. The van der Waals surface area contributed by atoms with Gasteiger partial charge in [0.05, 0.1) is 16.8 Å². The van der Waals surface area contributed by atoms with Gasteiger partial charge in [-0.25, -0.2) is 12.8 Å². The fourth-order valence-electron chi connectivity index (χ4n) is 2.21. The number of rotatable bonds is 4. The summed E-state index contributed by atoms with van der Waals surface area (Å²) in [5, 5.41) is -0.103. The third-order valence-corrected chi connectivity index (χ3v) is 3.99. The van der Waals surface area contributed by atoms with Crippen molar-refractivity contribution in [3.05, 3.63) is 46.2 Å². The number of esters is 1. The number of carbonyl (C=O) groups is 2. The summed E-state index contributed by atoms with van der Waals surface area (Å²) in [5.74, 6) is -3.94. The van der Waals surface area contributed by atoms with Crippen molar-refractivity contribution in [2.24, 2.45) is 0 Å². The Morgan fingerprint density at radius 1 is 1.42 bits per heavy atom. The SMILES string of the molecule is CC(=O)OC1=C(NS(C)(=O)=O)OC(C)(c2c(F)cccc2Cl)C1=O. The highest BCUT2D eigenvalue weighted by atomic mass is 35.5. The maximum atomic E-state index is 14.2. The average Bonchev–Trinajstić information content (AvgIpc) is 2.61. The highest BCUT2D eigenvalue weighted by Gasteiger charge is 2.52. The van der Waals surface area contributed by atoms with E-state index in [4.69, 9.17) is 21.1 Å². The first kappa shape index (κ1) is 18.2. The van der Waals surface area contributed by atoms with Gasteiger partial charge in [-0.3, -0.25) is 14.3 Å². The zero-order chi connectivity index (χ0) is 18.3. The fraction of sp³-hybridized carbons (Fsp3) is 0.286. The molecule has 0 spiro atoms. The Morgan fingerprint density at radius 2 is 2.04 bits per heavy atom. The lowest BCUT2D eigenvalue weighted by molar-refractivity contribution is -0.142. The first-order valence-corrected chi connectivity index (χ1v) is 8.81. The molecule has 1 atom stereocenters. The van der Waals surface area contributed by atoms with E-state index in [0.29, 0.717) is 0 Å². The van der Waals surface area contributed by atoms with Crippen molar-refractivity contribution in [2.75, 3.05) is 6.26 Å². The van der Waals surface area contributed by atoms with Crippen LogP contribution >= 0.6 is 11.6 Å². The first-order chi connectivity index (χ1) is 11.0. The molecule has 24 heavy (non-hydrogen) atoms. The predicted octanol–water partition coefficient (Wildman–Crippen LogP) is 1.58. The second kappa shape index (κ2) is 6.06. The number of ether oxygens (including phenoxy) is 2. The second-order valence-electron chi connectivity index (χ2n) is 5.19. The Bertz CT molecular complexity index is 846. The summed E-state index contributed by atoms with van der Waals surface area (Å²) in [6, 6.07) is 3.74. The van der Waals surface area contributed by atoms with Crippen LogP contribution < -0.4 is 4.72 Å². The third-order valence-electron chi connectivity index (χ3n) is 3.12. The standard InChI is InChI=1S/C14H13ClFNO6S/c1-7(18)22-11-12(19)14(2,23-13(11)17-24(3,20)21)10-8(15)5-4-6-9(10)16/h4-6,17H,1-3H3. The minimum Gasteiger partial charge on any atom is -0.456 e. The molecule has 2 rings (SSSR count). The van der Waals surface area contributed by atoms with E-state index in [2.05, 4.69) is 0 Å². The molecule has 0 saturated heterocycles. The zero-order valence-electron chi connectivity index (χ0n) is 12.8. The lowest BCUT2D eigenvalue weighted by atomic mass is 9.91. The monoisotopic (exact) mass is 377 g/mol. The number of sulfonamides is 1. The van der Waals surface area contributed by atoms with E-state index in [1.807, 2.05) is 4.72 Å². The van der Waals surface area contributed by atoms with Gasteiger partial charge in [-0.2, -0.15) is 0 Å². The smallest absolute Gasteiger partial charge is 0.308 e. The molecule has 0 fully saturated rings. The van der Waals surface area contributed by atoms with Gasteiger partial charge < -0.3 is 9.47 Å². The van der Waals surface area contributed by atoms with Crippen molar-refractivity contribution in [1.29, 1.82) is 0 Å². The van der Waals surface area contributed by atoms with Gasteiger partial charge in [0.1, 0.15) is 5.82 Å². The number of nitrogens with one attached hydrogen (secondary N) is 1. The molecule has 1 aliphatic rings. The van der Waals surface area contributed by atoms with Gasteiger partial charge in [-0.05, 0) is 19.1 Å². The summed E-state index contributed by atoms with van der Waals surface area (Å²) < 4.78 is 49.1. The number of benzene rings is 1. The summed E-state index contributed by atoms with van der Waals surface area (Å²) in [4.78, 5) is 23.8. The predicted molar refractivity (Wildman–Crippen MR) is 81.6 cm³/mol. The quantitative estimate of drug-likeness (QED) is 0.800. The van der Waals surface area contributed by atoms with Gasteiger partial charge in [0.2, 0.25) is 27.3 Å². The first-order valence-electron chi connectivity index (χ1n) is 6.54. The van der Waals surface area contributed by atoms with Crippen LogP contribution in [-0.4, -0.2) is 26.4 Å². The minimum atomic E-state index is -3.86. The van der Waals surface area contributed by atoms with Crippen LogP contribution in [0.15, 0.2) is 29.8 Å². The maximum absolute atomic E-state index is 14.2. The van der Waals surface area contributed by atoms with Crippen LogP contribution in [0.1, 0.15) is 19.4 Å². The zero-order valence-corrected chi connectivity index (χ0v) is 14.4. The molecule has 1 heterocycles. The largest absolute Gasteiger partial charge is 0.456 e. The van der Waals surface area contributed by atoms with E-state index in [0.717, 1.165) is 19.2 Å². The number of ketones is 1. The molecule has 0 aliphatic carbocycles. The highest BCUT2D eigenvalue weighted by molar-refractivity contribution is 7.88. The Hall–Kier alpha value is -2.13. The van der Waals surface area contributed by atoms with Gasteiger partial charge >= 0.3 is 5.97 Å². The van der Waals surface area contributed by atoms with Crippen LogP contribution in [0.25, 0.3) is 0 Å². The van der Waals surface area contributed by atoms with Gasteiger partial charge in [0.25, 0.3) is 5.78 Å². The minimum absolute atomic E-state index is 0.103. The maximum Gasteiger partial charge on any atom is 0.308 e. The van der Waals surface area contributed by atoms with Crippen LogP contribution in [0.2, 0.25) is 5.02 Å². The molecule has 1 aliphatic heterocycles. The number of hydrogen-bond donors (Lipinski definition) is 1. The van der Waals surface area contributed by atoms with E-state index in [9.17, 15) is 22.4 Å². The lowest BCUT2D eigenvalue weighted by Gasteiger charge is -2.25. The lowest BCUT2D eigenvalue weighted by Crippen LogP contribution is -2.34. The molecule has 0 radical (unpaired) electrons. The highest BCUT2D eigenvalue weighted by Crippen LogP contribution is 2.42. The van der Waals surface area contributed by atoms with Crippen LogP contribution in [0.3, 0.4) is 0 Å². The van der Waals surface area contributed by atoms with Crippen molar-refractivity contribution in [3.8, 4) is 0 Å². The Balaban J connectivity index is 2.58. The van der Waals surface area contributed by atoms with Crippen LogP contribution in [0.4, 0.5) is 4.39 Å². The summed E-state index contributed by atoms with van der Waals surface area (Å²) in [6.07, 6.45) is 0.810. The van der Waals surface area contributed by atoms with Gasteiger partial charge in [-0.1, -0.05) is 17.7 Å². The molecule has 7 nitrogen and oxygen atoms in total. The van der Waals surface area contributed by atoms with Gasteiger partial charge in [0, 0.05) is 6.92 Å². The summed E-state index contributed by atoms with van der Waals surface area (Å²) in [6.45, 7) is 2.21. The molecule has 0 bridgehead atoms. The molecular weight excluding hydrogens is 365 g/mol. The molecule has 0 aromatic heterocycles. The topological polar surface area (TPSA) is 98.8 Å².